The van der Waals surface area contributed by atoms with Crippen LogP contribution in [0.25, 0.3) is 0 Å². The first kappa shape index (κ1) is 26.2. The van der Waals surface area contributed by atoms with E-state index >= 15 is 0 Å². The van der Waals surface area contributed by atoms with E-state index in [1.165, 1.54) is 0 Å². The van der Waals surface area contributed by atoms with Gasteiger partial charge in [-0.1, -0.05) is 34.8 Å². The molecule has 0 aromatic rings. The van der Waals surface area contributed by atoms with Crippen molar-refractivity contribution in [3.63, 3.8) is 0 Å². The number of amides is 1. The molecule has 0 aromatic heterocycles. The van der Waals surface area contributed by atoms with E-state index in [1.807, 2.05) is 0 Å². The zero-order valence-corrected chi connectivity index (χ0v) is 18.6. The molecule has 1 aliphatic heterocycles. The number of nitrogens with one attached hydrogen (secondary N) is 1. The van der Waals surface area contributed by atoms with Crippen molar-refractivity contribution in [2.45, 2.75) is 62.1 Å². The summed E-state index contributed by atoms with van der Waals surface area (Å²) in [5.74, 6) is -4.29. The second kappa shape index (κ2) is 11.0. The summed E-state index contributed by atoms with van der Waals surface area (Å²) in [4.78, 5) is 58.2. The quantitative estimate of drug-likeness (QED) is 0.317. The fourth-order valence-electron chi connectivity index (χ4n) is 2.56. The van der Waals surface area contributed by atoms with E-state index in [2.05, 4.69) is 5.32 Å². The van der Waals surface area contributed by atoms with Gasteiger partial charge in [-0.15, -0.1) is 0 Å². The number of carbonyl (C=O) groups excluding carboxylic acids is 5. The fourth-order valence-corrected chi connectivity index (χ4v) is 2.72. The third-order valence-corrected chi connectivity index (χ3v) is 4.04. The monoisotopic (exact) mass is 491 g/mol. The molecule has 170 valence electrons. The lowest BCUT2D eigenvalue weighted by atomic mass is 9.97. The van der Waals surface area contributed by atoms with Crippen LogP contribution < -0.4 is 5.32 Å². The van der Waals surface area contributed by atoms with Crippen LogP contribution in [-0.4, -0.2) is 70.8 Å². The minimum Gasteiger partial charge on any atom is -0.463 e. The molecule has 1 aliphatic rings. The largest absolute Gasteiger partial charge is 0.463 e. The van der Waals surface area contributed by atoms with Gasteiger partial charge in [-0.05, 0) is 0 Å². The molecule has 0 spiro atoms. The van der Waals surface area contributed by atoms with Crippen LogP contribution in [0.15, 0.2) is 0 Å². The Morgan fingerprint density at radius 2 is 1.27 bits per heavy atom. The molecule has 1 rings (SSSR count). The topological polar surface area (TPSA) is 144 Å². The average molecular weight is 493 g/mol. The summed E-state index contributed by atoms with van der Waals surface area (Å²) >= 11 is 16.6. The summed E-state index contributed by atoms with van der Waals surface area (Å²) in [5, 5.41) is 2.20. The summed E-state index contributed by atoms with van der Waals surface area (Å²) in [6.07, 6.45) is -7.08. The van der Waals surface area contributed by atoms with Crippen molar-refractivity contribution >= 4 is 64.6 Å². The van der Waals surface area contributed by atoms with Crippen LogP contribution in [-0.2, 0) is 47.7 Å². The number of halogens is 3. The Balaban J connectivity index is 3.37. The van der Waals surface area contributed by atoms with Gasteiger partial charge in [-0.3, -0.25) is 24.0 Å². The van der Waals surface area contributed by atoms with Crippen LogP contribution >= 0.6 is 34.8 Å². The molecular formula is C16H20Cl3NO10. The zero-order valence-electron chi connectivity index (χ0n) is 16.3. The molecule has 1 saturated heterocycles. The number of rotatable bonds is 6. The Hall–Kier alpha value is -1.82. The number of carbonyl (C=O) groups is 5. The number of esters is 4. The van der Waals surface area contributed by atoms with Crippen LogP contribution in [0.4, 0.5) is 0 Å². The van der Waals surface area contributed by atoms with Gasteiger partial charge in [0, 0.05) is 27.7 Å². The van der Waals surface area contributed by atoms with Crippen LogP contribution in [0.1, 0.15) is 27.7 Å². The molecular weight excluding hydrogens is 473 g/mol. The highest BCUT2D eigenvalue weighted by atomic mass is 35.6. The predicted molar refractivity (Wildman–Crippen MR) is 100 cm³/mol. The molecule has 14 heteroatoms. The first-order chi connectivity index (χ1) is 13.7. The molecule has 0 radical (unpaired) electrons. The maximum absolute atomic E-state index is 12.1. The second-order valence-corrected chi connectivity index (χ2v) is 8.37. The van der Waals surface area contributed by atoms with Crippen LogP contribution in [0.3, 0.4) is 0 Å². The first-order valence-corrected chi connectivity index (χ1v) is 9.54. The van der Waals surface area contributed by atoms with E-state index in [0.29, 0.717) is 0 Å². The van der Waals surface area contributed by atoms with E-state index in [-0.39, 0.29) is 0 Å². The molecule has 5 atom stereocenters. The molecule has 1 fully saturated rings. The standard InChI is InChI=1S/C16H20Cl3NO10/c1-6(21)26-5-10-11(27-7(2)22)12(28-8(3)23)13(29-9(4)24)14(30-10)20-15(25)16(17,18)19/h10-14H,5H2,1-4H3,(H,20,25)/t10-,11+,12+,13-,14+/m1/s1. The summed E-state index contributed by atoms with van der Waals surface area (Å²) in [6.45, 7) is 3.84. The Bertz CT molecular complexity index is 695. The Labute approximate surface area is 186 Å². The smallest absolute Gasteiger partial charge is 0.303 e. The van der Waals surface area contributed by atoms with E-state index in [1.54, 1.807) is 0 Å². The average Bonchev–Trinajstić information content (AvgIpc) is 2.56. The Morgan fingerprint density at radius 3 is 1.70 bits per heavy atom. The van der Waals surface area contributed by atoms with Gasteiger partial charge in [-0.2, -0.15) is 0 Å². The van der Waals surface area contributed by atoms with E-state index in [9.17, 15) is 24.0 Å². The molecule has 0 saturated carbocycles. The number of hydrogen-bond acceptors (Lipinski definition) is 10. The van der Waals surface area contributed by atoms with Crippen LogP contribution in [0, 0.1) is 0 Å². The van der Waals surface area contributed by atoms with Crippen molar-refractivity contribution in [1.82, 2.24) is 5.32 Å². The van der Waals surface area contributed by atoms with E-state index in [0.717, 1.165) is 27.7 Å². The summed E-state index contributed by atoms with van der Waals surface area (Å²) in [6, 6.07) is 0. The molecule has 0 aliphatic carbocycles. The third kappa shape index (κ3) is 8.13. The zero-order chi connectivity index (χ0) is 23.2. The first-order valence-electron chi connectivity index (χ1n) is 8.40. The highest BCUT2D eigenvalue weighted by Crippen LogP contribution is 2.31. The maximum Gasteiger partial charge on any atom is 0.303 e. The van der Waals surface area contributed by atoms with Crippen molar-refractivity contribution in [3.05, 3.63) is 0 Å². The molecule has 1 N–H and O–H groups in total. The Kier molecular flexibility index (Phi) is 9.60. The highest BCUT2D eigenvalue weighted by Gasteiger charge is 2.53. The van der Waals surface area contributed by atoms with Gasteiger partial charge in [0.1, 0.15) is 12.7 Å². The number of hydrogen-bond donors (Lipinski definition) is 1. The van der Waals surface area contributed by atoms with Crippen molar-refractivity contribution in [2.75, 3.05) is 6.61 Å². The highest BCUT2D eigenvalue weighted by molar-refractivity contribution is 6.76. The molecule has 0 aromatic carbocycles. The minimum absolute atomic E-state index is 0.460. The lowest BCUT2D eigenvalue weighted by Crippen LogP contribution is -2.66. The van der Waals surface area contributed by atoms with Gasteiger partial charge in [0.25, 0.3) is 9.70 Å². The maximum atomic E-state index is 12.1. The number of alkyl halides is 3. The summed E-state index contributed by atoms with van der Waals surface area (Å²) in [7, 11) is 0. The van der Waals surface area contributed by atoms with Crippen molar-refractivity contribution < 1.29 is 47.7 Å². The Morgan fingerprint density at radius 1 is 0.800 bits per heavy atom. The molecule has 0 unspecified atom stereocenters. The lowest BCUT2D eigenvalue weighted by molar-refractivity contribution is -0.256. The van der Waals surface area contributed by atoms with Crippen LogP contribution in [0.5, 0.6) is 0 Å². The summed E-state index contributed by atoms with van der Waals surface area (Å²) < 4.78 is 23.6. The third-order valence-electron chi connectivity index (χ3n) is 3.52. The fraction of sp³-hybridized carbons (Fsp3) is 0.688. The summed E-state index contributed by atoms with van der Waals surface area (Å²) in [5.41, 5.74) is 0. The van der Waals surface area contributed by atoms with Gasteiger partial charge >= 0.3 is 23.9 Å². The van der Waals surface area contributed by atoms with Gasteiger partial charge < -0.3 is 29.0 Å². The SMILES string of the molecule is CC(=O)OC[C@H]1O[C@H](NC(=O)C(Cl)(Cl)Cl)[C@H](OC(C)=O)[C@@H](OC(C)=O)[C@H]1OC(C)=O. The molecule has 11 nitrogen and oxygen atoms in total. The van der Waals surface area contributed by atoms with E-state index < -0.39 is 70.8 Å². The minimum atomic E-state index is -2.40. The second-order valence-electron chi connectivity index (χ2n) is 6.09. The van der Waals surface area contributed by atoms with Crippen molar-refractivity contribution in [3.8, 4) is 0 Å². The molecule has 0 bridgehead atoms. The normalized spacial score (nSPS) is 26.2. The van der Waals surface area contributed by atoms with Crippen molar-refractivity contribution in [2.24, 2.45) is 0 Å². The van der Waals surface area contributed by atoms with Gasteiger partial charge in [0.15, 0.2) is 24.5 Å². The van der Waals surface area contributed by atoms with Gasteiger partial charge in [0.05, 0.1) is 0 Å². The van der Waals surface area contributed by atoms with Crippen LogP contribution in [0.2, 0.25) is 0 Å². The predicted octanol–water partition coefficient (Wildman–Crippen LogP) is 0.556. The molecule has 30 heavy (non-hydrogen) atoms. The number of ether oxygens (including phenoxy) is 5. The van der Waals surface area contributed by atoms with Crippen molar-refractivity contribution in [1.29, 1.82) is 0 Å². The van der Waals surface area contributed by atoms with E-state index in [4.69, 9.17) is 58.5 Å². The van der Waals surface area contributed by atoms with Gasteiger partial charge in [0.2, 0.25) is 0 Å². The van der Waals surface area contributed by atoms with Gasteiger partial charge in [-0.25, -0.2) is 0 Å². The molecule has 1 amide bonds. The molecule has 1 heterocycles. The lowest BCUT2D eigenvalue weighted by Gasteiger charge is -2.44.